The second-order valence-electron chi connectivity index (χ2n) is 7.26. The molecular formula is C22H25N3O4. The topological polar surface area (TPSA) is 71.1 Å². The Bertz CT molecular complexity index is 876. The zero-order valence-electron chi connectivity index (χ0n) is 16.5. The van der Waals surface area contributed by atoms with Crippen LogP contribution in [0, 0.1) is 0 Å². The van der Waals surface area contributed by atoms with Gasteiger partial charge in [-0.2, -0.15) is 0 Å². The minimum Gasteiger partial charge on any atom is -0.486 e. The van der Waals surface area contributed by atoms with Crippen LogP contribution in [0.2, 0.25) is 0 Å². The molecule has 2 amide bonds. The summed E-state index contributed by atoms with van der Waals surface area (Å²) in [5, 5.41) is 2.95. The van der Waals surface area contributed by atoms with Crippen LogP contribution in [0.25, 0.3) is 0 Å². The first-order valence-electron chi connectivity index (χ1n) is 9.87. The molecule has 2 heterocycles. The molecule has 0 unspecified atom stereocenters. The quantitative estimate of drug-likeness (QED) is 0.806. The van der Waals surface area contributed by atoms with Crippen molar-refractivity contribution >= 4 is 17.5 Å². The van der Waals surface area contributed by atoms with Gasteiger partial charge in [0, 0.05) is 37.4 Å². The van der Waals surface area contributed by atoms with E-state index < -0.39 is 0 Å². The summed E-state index contributed by atoms with van der Waals surface area (Å²) in [5.41, 5.74) is 1.78. The van der Waals surface area contributed by atoms with Crippen LogP contribution < -0.4 is 19.7 Å². The summed E-state index contributed by atoms with van der Waals surface area (Å²) in [6.45, 7) is 5.18. The number of fused-ring (bicyclic) bond motifs is 1. The van der Waals surface area contributed by atoms with E-state index in [4.69, 9.17) is 9.47 Å². The fourth-order valence-electron chi connectivity index (χ4n) is 3.55. The van der Waals surface area contributed by atoms with Gasteiger partial charge in [0.25, 0.3) is 0 Å². The van der Waals surface area contributed by atoms with Gasteiger partial charge in [-0.1, -0.05) is 12.1 Å². The molecule has 152 valence electrons. The second kappa shape index (κ2) is 8.43. The molecule has 29 heavy (non-hydrogen) atoms. The summed E-state index contributed by atoms with van der Waals surface area (Å²) in [6, 6.07) is 15.1. The molecule has 2 aliphatic heterocycles. The molecule has 0 aliphatic carbocycles. The van der Waals surface area contributed by atoms with Crippen LogP contribution in [0.15, 0.2) is 48.5 Å². The van der Waals surface area contributed by atoms with Gasteiger partial charge in [-0.05, 0) is 43.3 Å². The molecule has 0 radical (unpaired) electrons. The predicted octanol–water partition coefficient (Wildman–Crippen LogP) is 2.56. The Hall–Kier alpha value is -3.22. The number of amides is 2. The van der Waals surface area contributed by atoms with Gasteiger partial charge < -0.3 is 24.6 Å². The van der Waals surface area contributed by atoms with Crippen molar-refractivity contribution in [2.75, 3.05) is 44.2 Å². The van der Waals surface area contributed by atoms with Crippen molar-refractivity contribution in [3.8, 4) is 11.5 Å². The first kappa shape index (κ1) is 19.1. The van der Waals surface area contributed by atoms with Crippen molar-refractivity contribution in [3.05, 3.63) is 54.1 Å². The summed E-state index contributed by atoms with van der Waals surface area (Å²) in [6.07, 6.45) is -0.199. The highest BCUT2D eigenvalue weighted by Gasteiger charge is 2.24. The average Bonchev–Trinajstić information content (AvgIpc) is 2.77. The molecule has 2 aromatic rings. The van der Waals surface area contributed by atoms with Crippen molar-refractivity contribution in [2.45, 2.75) is 13.0 Å². The molecule has 1 atom stereocenters. The van der Waals surface area contributed by atoms with Crippen LogP contribution in [0.4, 0.5) is 10.5 Å². The highest BCUT2D eigenvalue weighted by Crippen LogP contribution is 2.30. The molecule has 1 fully saturated rings. The number of para-hydroxylation sites is 2. The second-order valence-corrected chi connectivity index (χ2v) is 7.26. The van der Waals surface area contributed by atoms with E-state index in [1.807, 2.05) is 53.4 Å². The summed E-state index contributed by atoms with van der Waals surface area (Å²) in [7, 11) is 0. The smallest absolute Gasteiger partial charge is 0.317 e. The molecule has 0 spiro atoms. The van der Waals surface area contributed by atoms with Crippen LogP contribution in [0.5, 0.6) is 11.5 Å². The number of Topliss-reactive ketones (excluding diaryl/α,β-unsaturated/α-hetero) is 1. The number of carbonyl (C=O) groups excluding carboxylic acids is 2. The van der Waals surface area contributed by atoms with Crippen LogP contribution in [-0.4, -0.2) is 62.1 Å². The van der Waals surface area contributed by atoms with Crippen molar-refractivity contribution in [1.82, 2.24) is 10.2 Å². The number of ketones is 1. The summed E-state index contributed by atoms with van der Waals surface area (Å²) >= 11 is 0. The zero-order valence-corrected chi connectivity index (χ0v) is 16.5. The molecule has 4 rings (SSSR count). The van der Waals surface area contributed by atoms with E-state index in [0.717, 1.165) is 24.5 Å². The molecule has 2 aliphatic rings. The Labute approximate surface area is 170 Å². The van der Waals surface area contributed by atoms with Crippen molar-refractivity contribution in [1.29, 1.82) is 0 Å². The Morgan fingerprint density at radius 1 is 1.00 bits per heavy atom. The zero-order chi connectivity index (χ0) is 20.2. The fraction of sp³-hybridized carbons (Fsp3) is 0.364. The molecule has 2 aromatic carbocycles. The van der Waals surface area contributed by atoms with Gasteiger partial charge in [-0.3, -0.25) is 4.79 Å². The molecule has 1 saturated heterocycles. The van der Waals surface area contributed by atoms with Gasteiger partial charge in [0.05, 0.1) is 6.54 Å². The summed E-state index contributed by atoms with van der Waals surface area (Å²) in [5.74, 6) is 1.51. The first-order chi connectivity index (χ1) is 14.1. The maximum atomic E-state index is 12.5. The lowest BCUT2D eigenvalue weighted by atomic mass is 10.1. The van der Waals surface area contributed by atoms with E-state index in [1.165, 1.54) is 0 Å². The predicted molar refractivity (Wildman–Crippen MR) is 110 cm³/mol. The highest BCUT2D eigenvalue weighted by molar-refractivity contribution is 5.94. The largest absolute Gasteiger partial charge is 0.486 e. The summed E-state index contributed by atoms with van der Waals surface area (Å²) < 4.78 is 11.6. The van der Waals surface area contributed by atoms with E-state index in [-0.39, 0.29) is 17.9 Å². The Balaban J connectivity index is 1.24. The van der Waals surface area contributed by atoms with Crippen LogP contribution in [0.1, 0.15) is 17.3 Å². The maximum Gasteiger partial charge on any atom is 0.317 e. The Morgan fingerprint density at radius 2 is 1.69 bits per heavy atom. The fourth-order valence-corrected chi connectivity index (χ4v) is 3.55. The Kier molecular flexibility index (Phi) is 5.55. The van der Waals surface area contributed by atoms with Gasteiger partial charge in [0.15, 0.2) is 23.4 Å². The molecule has 7 heteroatoms. The molecular weight excluding hydrogens is 370 g/mol. The number of hydrogen-bond acceptors (Lipinski definition) is 5. The number of benzene rings is 2. The number of ether oxygens (including phenoxy) is 2. The van der Waals surface area contributed by atoms with E-state index >= 15 is 0 Å². The number of nitrogens with one attached hydrogen (secondary N) is 1. The maximum absolute atomic E-state index is 12.5. The van der Waals surface area contributed by atoms with E-state index in [9.17, 15) is 9.59 Å². The van der Waals surface area contributed by atoms with Gasteiger partial charge in [0.1, 0.15) is 6.61 Å². The normalized spacial score (nSPS) is 18.3. The molecule has 0 bridgehead atoms. The average molecular weight is 395 g/mol. The number of nitrogens with zero attached hydrogens (tertiary/aromatic N) is 2. The van der Waals surface area contributed by atoms with Gasteiger partial charge in [-0.25, -0.2) is 4.79 Å². The first-order valence-corrected chi connectivity index (χ1v) is 9.87. The lowest BCUT2D eigenvalue weighted by Gasteiger charge is -2.36. The van der Waals surface area contributed by atoms with E-state index in [0.29, 0.717) is 37.6 Å². The van der Waals surface area contributed by atoms with Crippen LogP contribution in [-0.2, 0) is 0 Å². The molecule has 0 aromatic heterocycles. The lowest BCUT2D eigenvalue weighted by Crippen LogP contribution is -2.53. The van der Waals surface area contributed by atoms with Crippen molar-refractivity contribution < 1.29 is 19.1 Å². The number of carbonyl (C=O) groups is 2. The minimum absolute atomic E-state index is 0.0638. The van der Waals surface area contributed by atoms with Gasteiger partial charge >= 0.3 is 6.03 Å². The third-order valence-corrected chi connectivity index (χ3v) is 5.25. The van der Waals surface area contributed by atoms with Crippen molar-refractivity contribution in [2.24, 2.45) is 0 Å². The third kappa shape index (κ3) is 4.45. The highest BCUT2D eigenvalue weighted by atomic mass is 16.6. The van der Waals surface area contributed by atoms with Gasteiger partial charge in [0.2, 0.25) is 0 Å². The van der Waals surface area contributed by atoms with E-state index in [1.54, 1.807) is 6.92 Å². The Morgan fingerprint density at radius 3 is 2.38 bits per heavy atom. The van der Waals surface area contributed by atoms with E-state index in [2.05, 4.69) is 10.2 Å². The number of urea groups is 1. The number of piperazine rings is 1. The number of anilines is 1. The monoisotopic (exact) mass is 395 g/mol. The molecule has 1 N–H and O–H groups in total. The molecule has 0 saturated carbocycles. The SMILES string of the molecule is CC(=O)c1ccc(N2CCN(C(=O)NC[C@@H]3COc4ccccc4O3)CC2)cc1. The standard InChI is InChI=1S/C22H25N3O4/c1-16(26)17-6-8-18(9-7-17)24-10-12-25(13-11-24)22(27)23-14-19-15-28-20-4-2-3-5-21(20)29-19/h2-9,19H,10-15H2,1H3,(H,23,27)/t19-/m1/s1. The summed E-state index contributed by atoms with van der Waals surface area (Å²) in [4.78, 5) is 28.0. The third-order valence-electron chi connectivity index (χ3n) is 5.25. The number of hydrogen-bond donors (Lipinski definition) is 1. The lowest BCUT2D eigenvalue weighted by molar-refractivity contribution is 0.0900. The number of rotatable bonds is 4. The van der Waals surface area contributed by atoms with Gasteiger partial charge in [-0.15, -0.1) is 0 Å². The van der Waals surface area contributed by atoms with Crippen LogP contribution >= 0.6 is 0 Å². The van der Waals surface area contributed by atoms with Crippen LogP contribution in [0.3, 0.4) is 0 Å². The van der Waals surface area contributed by atoms with Crippen molar-refractivity contribution in [3.63, 3.8) is 0 Å². The molecule has 7 nitrogen and oxygen atoms in total. The minimum atomic E-state index is -0.199.